The summed E-state index contributed by atoms with van der Waals surface area (Å²) in [5, 5.41) is 24.6. The molecule has 0 radical (unpaired) electrons. The number of carbonyl (C=O) groups excluding carboxylic acids is 4. The number of fused-ring (bicyclic) bond motifs is 1. The molecule has 2 spiro atoms. The molecule has 2 aliphatic carbocycles. The number of ketones is 1. The molecule has 2 aromatic rings. The van der Waals surface area contributed by atoms with Gasteiger partial charge in [0.25, 0.3) is 0 Å². The highest BCUT2D eigenvalue weighted by Gasteiger charge is 3.04. The number of esters is 3. The molecule has 0 aromatic heterocycles. The standard InChI is InChI=1S/C35H36O11/c1-16-24-34(41,17(2)27(38)43-24)35-29(40)44-25-22(37)23(31(3,4)5)32(33(16,25)35)26(28(39)45-30(32)46-35)42-15-18-11-13-20(14-12-18)21(36)19-9-7-6-8-10-19/h6-14,16-17,22-26,30,37,41H,15H2,1-5H3/t16-,17+,22+,23-,24?,25?,26-,30?,32?,33+,34-,35?/m0/s1. The predicted molar refractivity (Wildman–Crippen MR) is 155 cm³/mol. The molecule has 46 heavy (non-hydrogen) atoms. The molecule has 11 heteroatoms. The number of aliphatic hydroxyl groups excluding tert-OH is 1. The van der Waals surface area contributed by atoms with Crippen LogP contribution in [0.2, 0.25) is 0 Å². The van der Waals surface area contributed by atoms with Crippen LogP contribution in [0.4, 0.5) is 0 Å². The first-order valence-corrected chi connectivity index (χ1v) is 15.7. The quantitative estimate of drug-likeness (QED) is 0.284. The van der Waals surface area contributed by atoms with Crippen molar-refractivity contribution in [3.8, 4) is 0 Å². The number of benzene rings is 2. The fourth-order valence-electron chi connectivity index (χ4n) is 10.7. The van der Waals surface area contributed by atoms with Crippen LogP contribution in [0.15, 0.2) is 54.6 Å². The van der Waals surface area contributed by atoms with E-state index in [0.29, 0.717) is 16.7 Å². The van der Waals surface area contributed by atoms with Gasteiger partial charge in [-0.25, -0.2) is 9.59 Å². The molecule has 6 fully saturated rings. The third kappa shape index (κ3) is 2.96. The van der Waals surface area contributed by atoms with E-state index < -0.39 is 93.8 Å². The second-order valence-electron chi connectivity index (χ2n) is 14.8. The van der Waals surface area contributed by atoms with Crippen molar-refractivity contribution in [3.63, 3.8) is 0 Å². The lowest BCUT2D eigenvalue weighted by Gasteiger charge is -2.49. The van der Waals surface area contributed by atoms with Crippen LogP contribution in [0.25, 0.3) is 0 Å². The van der Waals surface area contributed by atoms with Crippen LogP contribution in [0.3, 0.4) is 0 Å². The van der Waals surface area contributed by atoms with Crippen LogP contribution in [0.1, 0.15) is 56.1 Å². The first-order valence-electron chi connectivity index (χ1n) is 15.7. The van der Waals surface area contributed by atoms with Crippen LogP contribution in [0.5, 0.6) is 0 Å². The minimum Gasteiger partial charge on any atom is -0.459 e. The Morgan fingerprint density at radius 1 is 0.891 bits per heavy atom. The molecule has 4 aliphatic heterocycles. The second-order valence-corrected chi connectivity index (χ2v) is 14.8. The van der Waals surface area contributed by atoms with Crippen molar-refractivity contribution in [1.29, 1.82) is 0 Å². The largest absolute Gasteiger partial charge is 0.459 e. The molecular formula is C35H36O11. The number of carbonyl (C=O) groups is 4. The molecule has 11 nitrogen and oxygen atoms in total. The lowest BCUT2D eigenvalue weighted by molar-refractivity contribution is -0.239. The summed E-state index contributed by atoms with van der Waals surface area (Å²) in [6, 6.07) is 15.8. The summed E-state index contributed by atoms with van der Waals surface area (Å²) in [4.78, 5) is 53.7. The first-order chi connectivity index (χ1) is 21.7. The Morgan fingerprint density at radius 2 is 1.54 bits per heavy atom. The molecular weight excluding hydrogens is 596 g/mol. The average Bonchev–Trinajstić information content (AvgIpc) is 3.72. The van der Waals surface area contributed by atoms with Gasteiger partial charge in [-0.1, -0.05) is 82.3 Å². The monoisotopic (exact) mass is 632 g/mol. The van der Waals surface area contributed by atoms with Gasteiger partial charge in [-0.15, -0.1) is 0 Å². The lowest BCUT2D eigenvalue weighted by atomic mass is 9.49. The highest BCUT2D eigenvalue weighted by Crippen LogP contribution is 2.86. The minimum atomic E-state index is -2.17. The highest BCUT2D eigenvalue weighted by molar-refractivity contribution is 6.09. The molecule has 4 heterocycles. The normalized spacial score (nSPS) is 44.7. The van der Waals surface area contributed by atoms with Crippen LogP contribution in [-0.4, -0.2) is 75.8 Å². The highest BCUT2D eigenvalue weighted by atomic mass is 16.8. The number of rotatable bonds is 5. The Morgan fingerprint density at radius 3 is 2.20 bits per heavy atom. The van der Waals surface area contributed by atoms with E-state index in [4.69, 9.17) is 23.7 Å². The maximum atomic E-state index is 14.1. The van der Waals surface area contributed by atoms with E-state index in [1.54, 1.807) is 55.5 Å². The molecule has 12 atom stereocenters. The van der Waals surface area contributed by atoms with Gasteiger partial charge in [0, 0.05) is 23.0 Å². The summed E-state index contributed by atoms with van der Waals surface area (Å²) in [7, 11) is 0. The molecule has 0 bridgehead atoms. The van der Waals surface area contributed by atoms with E-state index in [1.165, 1.54) is 6.92 Å². The molecule has 242 valence electrons. The number of ether oxygens (including phenoxy) is 5. The van der Waals surface area contributed by atoms with E-state index in [2.05, 4.69) is 0 Å². The Bertz CT molecular complexity index is 1680. The Balaban J connectivity index is 1.23. The van der Waals surface area contributed by atoms with Crippen molar-refractivity contribution in [2.45, 2.75) is 83.1 Å². The zero-order chi connectivity index (χ0) is 32.8. The number of hydrogen-bond donors (Lipinski definition) is 2. The molecule has 4 saturated heterocycles. The van der Waals surface area contributed by atoms with E-state index >= 15 is 0 Å². The summed E-state index contributed by atoms with van der Waals surface area (Å²) in [5.74, 6) is -5.22. The van der Waals surface area contributed by atoms with Crippen LogP contribution >= 0.6 is 0 Å². The summed E-state index contributed by atoms with van der Waals surface area (Å²) < 4.78 is 30.6. The smallest absolute Gasteiger partial charge is 0.343 e. The topological polar surface area (TPSA) is 155 Å². The van der Waals surface area contributed by atoms with Gasteiger partial charge >= 0.3 is 17.9 Å². The van der Waals surface area contributed by atoms with E-state index in [9.17, 15) is 29.4 Å². The molecule has 5 unspecified atom stereocenters. The molecule has 2 aromatic carbocycles. The van der Waals surface area contributed by atoms with Gasteiger partial charge in [0.05, 0.1) is 29.5 Å². The Labute approximate surface area is 265 Å². The maximum absolute atomic E-state index is 14.1. The second kappa shape index (κ2) is 9.03. The summed E-state index contributed by atoms with van der Waals surface area (Å²) in [6.07, 6.45) is -6.38. The molecule has 2 saturated carbocycles. The van der Waals surface area contributed by atoms with Crippen molar-refractivity contribution in [1.82, 2.24) is 0 Å². The summed E-state index contributed by atoms with van der Waals surface area (Å²) in [6.45, 7) is 8.87. The lowest BCUT2D eigenvalue weighted by Crippen LogP contribution is -2.67. The first kappa shape index (κ1) is 29.7. The van der Waals surface area contributed by atoms with Gasteiger partial charge in [0.1, 0.15) is 12.2 Å². The zero-order valence-corrected chi connectivity index (χ0v) is 26.1. The average molecular weight is 633 g/mol. The fraction of sp³-hybridized carbons (Fsp3) is 0.543. The van der Waals surface area contributed by atoms with Gasteiger partial charge in [-0.05, 0) is 17.9 Å². The number of hydrogen-bond acceptors (Lipinski definition) is 11. The van der Waals surface area contributed by atoms with Crippen LogP contribution in [-0.2, 0) is 44.7 Å². The zero-order valence-electron chi connectivity index (χ0n) is 26.1. The SMILES string of the molecule is C[C@@H]1C(=O)OC2[C@H](C)[C@]34C5OC(=O)C3(OC3OC(=O)[C@H](OCc6ccc(C(=O)c7ccccc7)cc6)C34[C@H](C(C)(C)C)[C@H]5O)[C@@]21O. The van der Waals surface area contributed by atoms with Crippen molar-refractivity contribution in [2.75, 3.05) is 0 Å². The maximum Gasteiger partial charge on any atom is 0.343 e. The van der Waals surface area contributed by atoms with Gasteiger partial charge in [0.15, 0.2) is 17.5 Å². The number of aliphatic hydroxyl groups is 2. The third-order valence-corrected chi connectivity index (χ3v) is 12.0. The molecule has 8 rings (SSSR count). The molecule has 0 amide bonds. The van der Waals surface area contributed by atoms with Gasteiger partial charge < -0.3 is 33.9 Å². The minimum absolute atomic E-state index is 0.0724. The van der Waals surface area contributed by atoms with Gasteiger partial charge in [-0.2, -0.15) is 0 Å². The van der Waals surface area contributed by atoms with Crippen molar-refractivity contribution < 1.29 is 53.1 Å². The Kier molecular flexibility index (Phi) is 5.84. The van der Waals surface area contributed by atoms with Crippen molar-refractivity contribution in [3.05, 3.63) is 71.3 Å². The fourth-order valence-corrected chi connectivity index (χ4v) is 10.7. The van der Waals surface area contributed by atoms with E-state index in [-0.39, 0.29) is 12.4 Å². The molecule has 2 N–H and O–H groups in total. The molecule has 6 aliphatic rings. The summed E-state index contributed by atoms with van der Waals surface area (Å²) >= 11 is 0. The predicted octanol–water partition coefficient (Wildman–Crippen LogP) is 2.33. The van der Waals surface area contributed by atoms with E-state index in [1.807, 2.05) is 26.8 Å². The third-order valence-electron chi connectivity index (χ3n) is 12.0. The van der Waals surface area contributed by atoms with Crippen molar-refractivity contribution >= 4 is 23.7 Å². The Hall–Kier alpha value is -3.64. The van der Waals surface area contributed by atoms with E-state index in [0.717, 1.165) is 0 Å². The van der Waals surface area contributed by atoms with Crippen LogP contribution < -0.4 is 0 Å². The van der Waals surface area contributed by atoms with Gasteiger partial charge in [-0.3, -0.25) is 9.59 Å². The van der Waals surface area contributed by atoms with Gasteiger partial charge in [0.2, 0.25) is 11.9 Å². The van der Waals surface area contributed by atoms with Crippen molar-refractivity contribution in [2.24, 2.45) is 34.0 Å². The summed E-state index contributed by atoms with van der Waals surface area (Å²) in [5.41, 5.74) is -6.41. The van der Waals surface area contributed by atoms with Crippen LogP contribution in [0, 0.1) is 34.0 Å².